The molecular weight excluding hydrogens is 226 g/mol. The van der Waals surface area contributed by atoms with E-state index in [2.05, 4.69) is 30.3 Å². The fraction of sp³-hybridized carbons (Fsp3) is 0.143. The first-order chi connectivity index (χ1) is 6.38. The molecular formula is C7H13NOSi4. The number of benzene rings is 1. The SMILES string of the molecule is N=[Si]1CO[SiH2][SiH2][SiH]1c1ccccc1. The zero-order chi connectivity index (χ0) is 9.10. The summed E-state index contributed by atoms with van der Waals surface area (Å²) in [4.78, 5) is 0. The molecule has 1 fully saturated rings. The van der Waals surface area contributed by atoms with Gasteiger partial charge < -0.3 is 9.48 Å². The van der Waals surface area contributed by atoms with Gasteiger partial charge in [-0.3, -0.25) is 0 Å². The third-order valence-corrected chi connectivity index (χ3v) is 35.0. The highest BCUT2D eigenvalue weighted by atomic mass is 29.8. The molecule has 0 bridgehead atoms. The van der Waals surface area contributed by atoms with E-state index in [1.54, 1.807) is 5.19 Å². The van der Waals surface area contributed by atoms with Crippen LogP contribution in [0.2, 0.25) is 0 Å². The molecule has 0 aliphatic carbocycles. The number of hydrogen-bond acceptors (Lipinski definition) is 2. The van der Waals surface area contributed by atoms with Crippen LogP contribution in [0, 0.1) is 5.05 Å². The van der Waals surface area contributed by atoms with Crippen molar-refractivity contribution in [2.24, 2.45) is 0 Å². The summed E-state index contributed by atoms with van der Waals surface area (Å²) in [5, 5.41) is 9.63. The monoisotopic (exact) mass is 239 g/mol. The maximum atomic E-state index is 8.06. The molecule has 1 N–H and O–H groups in total. The Balaban J connectivity index is 2.20. The Morgan fingerprint density at radius 1 is 1.38 bits per heavy atom. The molecule has 6 heteroatoms. The van der Waals surface area contributed by atoms with Gasteiger partial charge in [0.1, 0.15) is 17.4 Å². The molecule has 0 spiro atoms. The van der Waals surface area contributed by atoms with Crippen molar-refractivity contribution in [3.8, 4) is 0 Å². The van der Waals surface area contributed by atoms with Crippen molar-refractivity contribution in [3.63, 3.8) is 0 Å². The van der Waals surface area contributed by atoms with Crippen LogP contribution in [-0.2, 0) is 4.43 Å². The molecule has 68 valence electrons. The van der Waals surface area contributed by atoms with Crippen molar-refractivity contribution in [3.05, 3.63) is 30.3 Å². The van der Waals surface area contributed by atoms with Crippen LogP contribution in [0.1, 0.15) is 0 Å². The van der Waals surface area contributed by atoms with Gasteiger partial charge in [0.15, 0.2) is 0 Å². The molecule has 0 aromatic heterocycles. The Bertz CT molecular complexity index is 305. The van der Waals surface area contributed by atoms with E-state index >= 15 is 0 Å². The summed E-state index contributed by atoms with van der Waals surface area (Å²) in [5.41, 5.74) is 0. The van der Waals surface area contributed by atoms with E-state index in [1.807, 2.05) is 0 Å². The zero-order valence-corrected chi connectivity index (χ0v) is 12.5. The van der Waals surface area contributed by atoms with Crippen LogP contribution in [-0.4, -0.2) is 40.0 Å². The zero-order valence-electron chi connectivity index (χ0n) is 7.49. The lowest BCUT2D eigenvalue weighted by Crippen LogP contribution is -2.54. The highest BCUT2D eigenvalue weighted by Gasteiger charge is 2.24. The van der Waals surface area contributed by atoms with Gasteiger partial charge in [0.25, 0.3) is 0 Å². The van der Waals surface area contributed by atoms with Crippen LogP contribution in [0.25, 0.3) is 0 Å². The van der Waals surface area contributed by atoms with Gasteiger partial charge in [-0.05, 0) is 0 Å². The van der Waals surface area contributed by atoms with Crippen molar-refractivity contribution in [1.82, 2.24) is 0 Å². The molecule has 1 aliphatic rings. The van der Waals surface area contributed by atoms with Crippen molar-refractivity contribution >= 4 is 39.0 Å². The Kier molecular flexibility index (Phi) is 3.17. The first kappa shape index (κ1) is 9.40. The van der Waals surface area contributed by atoms with Crippen LogP contribution < -0.4 is 5.19 Å². The molecule has 2 nitrogen and oxygen atoms in total. The van der Waals surface area contributed by atoms with Gasteiger partial charge in [-0.15, -0.1) is 0 Å². The molecule has 2 rings (SSSR count). The first-order valence-electron chi connectivity index (χ1n) is 4.58. The van der Waals surface area contributed by atoms with Crippen molar-refractivity contribution in [1.29, 1.82) is 5.05 Å². The topological polar surface area (TPSA) is 33.1 Å². The standard InChI is InChI=1S/C7H13NOSi4/c8-12-6-9-10-11-13(12)7-4-2-1-3-5-7/h1-5,8,13H,6,10-11H2. The highest BCUT2D eigenvalue weighted by molar-refractivity contribution is 7.57. The molecule has 1 aromatic carbocycles. The molecule has 1 saturated heterocycles. The fourth-order valence-corrected chi connectivity index (χ4v) is 37.8. The Morgan fingerprint density at radius 2 is 2.15 bits per heavy atom. The molecule has 1 aromatic rings. The molecule has 1 atom stereocenters. The number of nitrogens with one attached hydrogen (secondary N) is 1. The third kappa shape index (κ3) is 2.20. The molecule has 1 unspecified atom stereocenters. The van der Waals surface area contributed by atoms with Crippen molar-refractivity contribution < 1.29 is 4.43 Å². The predicted molar refractivity (Wildman–Crippen MR) is 64.7 cm³/mol. The Morgan fingerprint density at radius 3 is 2.85 bits per heavy atom. The third-order valence-electron chi connectivity index (χ3n) is 2.43. The van der Waals surface area contributed by atoms with Gasteiger partial charge in [0.2, 0.25) is 0 Å². The second-order valence-corrected chi connectivity index (χ2v) is 25.1. The lowest BCUT2D eigenvalue weighted by atomic mass is 10.4. The van der Waals surface area contributed by atoms with E-state index in [9.17, 15) is 0 Å². The van der Waals surface area contributed by atoms with Crippen LogP contribution in [0.5, 0.6) is 0 Å². The summed E-state index contributed by atoms with van der Waals surface area (Å²) >= 11 is 0. The lowest BCUT2D eigenvalue weighted by molar-refractivity contribution is 0.419. The lowest BCUT2D eigenvalue weighted by Gasteiger charge is -2.20. The smallest absolute Gasteiger partial charge is 0.141 e. The Hall–Kier alpha value is -0.152. The fourth-order valence-electron chi connectivity index (χ4n) is 1.71. The van der Waals surface area contributed by atoms with Crippen LogP contribution in [0.4, 0.5) is 0 Å². The van der Waals surface area contributed by atoms with E-state index in [0.717, 1.165) is 6.23 Å². The van der Waals surface area contributed by atoms with Gasteiger partial charge in [-0.1, -0.05) is 35.5 Å². The highest BCUT2D eigenvalue weighted by Crippen LogP contribution is 1.93. The van der Waals surface area contributed by atoms with Crippen molar-refractivity contribution in [2.75, 3.05) is 6.23 Å². The van der Waals surface area contributed by atoms with E-state index in [1.165, 1.54) is 0 Å². The van der Waals surface area contributed by atoms with Crippen molar-refractivity contribution in [2.45, 2.75) is 0 Å². The van der Waals surface area contributed by atoms with Gasteiger partial charge >= 0.3 is 0 Å². The first-order valence-corrected chi connectivity index (χ1v) is 16.5. The second-order valence-electron chi connectivity index (χ2n) is 3.33. The molecule has 1 aliphatic heterocycles. The maximum absolute atomic E-state index is 8.06. The Labute approximate surface area is 85.2 Å². The summed E-state index contributed by atoms with van der Waals surface area (Å²) < 4.78 is 5.53. The van der Waals surface area contributed by atoms with E-state index in [4.69, 9.17) is 9.48 Å². The molecule has 0 amide bonds. The summed E-state index contributed by atoms with van der Waals surface area (Å²) in [5.74, 6) is 0. The maximum Gasteiger partial charge on any atom is 0.141 e. The minimum Gasteiger partial charge on any atom is -0.426 e. The van der Waals surface area contributed by atoms with Crippen LogP contribution >= 0.6 is 0 Å². The largest absolute Gasteiger partial charge is 0.426 e. The predicted octanol–water partition coefficient (Wildman–Crippen LogP) is -1.73. The van der Waals surface area contributed by atoms with Crippen LogP contribution in [0.15, 0.2) is 30.3 Å². The normalized spacial score (nSPS) is 26.8. The van der Waals surface area contributed by atoms with Gasteiger partial charge in [0.05, 0.1) is 14.1 Å². The average molecular weight is 240 g/mol. The van der Waals surface area contributed by atoms with E-state index < -0.39 is 15.9 Å². The second kappa shape index (κ2) is 4.38. The molecule has 0 radical (unpaired) electrons. The number of hydrogen-bond donors (Lipinski definition) is 1. The van der Waals surface area contributed by atoms with Gasteiger partial charge in [-0.2, -0.15) is 0 Å². The minimum atomic E-state index is -0.821. The average Bonchev–Trinajstić information content (AvgIpc) is 2.20. The molecule has 0 saturated carbocycles. The minimum absolute atomic E-state index is 0.0901. The molecule has 1 heterocycles. The summed E-state index contributed by atoms with van der Waals surface area (Å²) in [6.45, 7) is 0. The summed E-state index contributed by atoms with van der Waals surface area (Å²) in [7, 11) is -1.57. The van der Waals surface area contributed by atoms with Gasteiger partial charge in [-0.25, -0.2) is 0 Å². The summed E-state index contributed by atoms with van der Waals surface area (Å²) in [6.07, 6.45) is 0.843. The summed E-state index contributed by atoms with van der Waals surface area (Å²) in [6, 6.07) is 10.8. The molecule has 13 heavy (non-hydrogen) atoms. The van der Waals surface area contributed by atoms with Gasteiger partial charge in [0, 0.05) is 8.55 Å². The van der Waals surface area contributed by atoms with E-state index in [-0.39, 0.29) is 17.8 Å². The number of rotatable bonds is 1. The van der Waals surface area contributed by atoms with Crippen LogP contribution in [0.3, 0.4) is 0 Å². The van der Waals surface area contributed by atoms with E-state index in [0.29, 0.717) is 0 Å². The quantitative estimate of drug-likeness (QED) is 0.581.